The first-order valence-electron chi connectivity index (χ1n) is 5.98. The zero-order valence-electron chi connectivity index (χ0n) is 11.0. The summed E-state index contributed by atoms with van der Waals surface area (Å²) in [5, 5.41) is 5.32. The summed E-state index contributed by atoms with van der Waals surface area (Å²) in [7, 11) is 0. The van der Waals surface area contributed by atoms with Crippen molar-refractivity contribution >= 4 is 11.9 Å². The molecule has 1 aliphatic rings. The molecule has 2 rings (SSSR count). The van der Waals surface area contributed by atoms with Crippen LogP contribution in [0, 0.1) is 18.6 Å². The zero-order chi connectivity index (χ0) is 14.2. The molecule has 1 amide bonds. The molecule has 0 radical (unpaired) electrons. The molecule has 1 fully saturated rings. The average Bonchev–Trinajstić information content (AvgIpc) is 2.61. The van der Waals surface area contributed by atoms with Crippen LogP contribution in [0.1, 0.15) is 25.0 Å². The number of carbonyl (C=O) groups excluding carboxylic acids is 1. The van der Waals surface area contributed by atoms with Gasteiger partial charge in [-0.1, -0.05) is 0 Å². The van der Waals surface area contributed by atoms with Crippen LogP contribution in [0.2, 0.25) is 0 Å². The van der Waals surface area contributed by atoms with Gasteiger partial charge in [-0.2, -0.15) is 0 Å². The van der Waals surface area contributed by atoms with E-state index in [9.17, 15) is 13.6 Å². The lowest BCUT2D eigenvalue weighted by molar-refractivity contribution is -0.123. The van der Waals surface area contributed by atoms with Gasteiger partial charge in [0.1, 0.15) is 17.2 Å². The van der Waals surface area contributed by atoms with Crippen molar-refractivity contribution in [2.75, 3.05) is 6.54 Å². The topological polar surface area (TPSA) is 53.5 Å². The molecule has 102 valence electrons. The van der Waals surface area contributed by atoms with Crippen LogP contribution in [0.15, 0.2) is 17.1 Å². The van der Waals surface area contributed by atoms with E-state index in [-0.39, 0.29) is 17.1 Å². The molecule has 0 aliphatic carbocycles. The molecule has 0 aromatic heterocycles. The minimum atomic E-state index is -1.35. The molecular formula is C13H15F2N3O. The number of halogens is 2. The van der Waals surface area contributed by atoms with Crippen LogP contribution >= 0.6 is 0 Å². The maximum absolute atomic E-state index is 14.0. The number of aryl methyl sites for hydroxylation is 1. The zero-order valence-corrected chi connectivity index (χ0v) is 11.0. The largest absolute Gasteiger partial charge is 0.338 e. The highest BCUT2D eigenvalue weighted by Crippen LogP contribution is 2.28. The molecule has 1 saturated heterocycles. The van der Waals surface area contributed by atoms with Crippen LogP contribution < -0.4 is 10.6 Å². The Balaban J connectivity index is 2.49. The number of hydrogen-bond donors (Lipinski definition) is 2. The van der Waals surface area contributed by atoms with Crippen LogP contribution in [0.25, 0.3) is 0 Å². The van der Waals surface area contributed by atoms with Gasteiger partial charge in [0.15, 0.2) is 5.96 Å². The second-order valence-electron chi connectivity index (χ2n) is 4.61. The van der Waals surface area contributed by atoms with Crippen molar-refractivity contribution in [2.45, 2.75) is 26.3 Å². The standard InChI is InChI=1S/C13H15F2N3O/c1-4-16-12-17-11(19)13(3,18-12)8-6-9(14)7(2)5-10(8)15/h5-6H,4H2,1-3H3,(H2,16,17,18,19). The quantitative estimate of drug-likeness (QED) is 0.855. The van der Waals surface area contributed by atoms with E-state index in [0.29, 0.717) is 6.54 Å². The van der Waals surface area contributed by atoms with Gasteiger partial charge < -0.3 is 5.32 Å². The Labute approximate surface area is 109 Å². The third-order valence-electron chi connectivity index (χ3n) is 3.16. The number of benzene rings is 1. The highest BCUT2D eigenvalue weighted by Gasteiger charge is 2.44. The summed E-state index contributed by atoms with van der Waals surface area (Å²) in [5.41, 5.74) is -1.19. The number of guanidine groups is 1. The molecule has 1 heterocycles. The molecule has 1 unspecified atom stereocenters. The Kier molecular flexibility index (Phi) is 3.26. The highest BCUT2D eigenvalue weighted by molar-refractivity contribution is 6.09. The molecule has 1 atom stereocenters. The number of nitrogens with one attached hydrogen (secondary N) is 2. The number of nitrogens with zero attached hydrogens (tertiary/aromatic N) is 1. The van der Waals surface area contributed by atoms with E-state index in [0.717, 1.165) is 12.1 Å². The van der Waals surface area contributed by atoms with Crippen molar-refractivity contribution in [3.63, 3.8) is 0 Å². The van der Waals surface area contributed by atoms with Crippen LogP contribution in [0.3, 0.4) is 0 Å². The van der Waals surface area contributed by atoms with Gasteiger partial charge in [0.2, 0.25) is 0 Å². The van der Waals surface area contributed by atoms with E-state index >= 15 is 0 Å². The van der Waals surface area contributed by atoms with Crippen molar-refractivity contribution in [3.05, 3.63) is 34.9 Å². The summed E-state index contributed by atoms with van der Waals surface area (Å²) in [5.74, 6) is -1.35. The smallest absolute Gasteiger partial charge is 0.256 e. The van der Waals surface area contributed by atoms with Gasteiger partial charge in [-0.25, -0.2) is 8.78 Å². The van der Waals surface area contributed by atoms with E-state index in [1.54, 1.807) is 0 Å². The van der Waals surface area contributed by atoms with Crippen molar-refractivity contribution in [1.29, 1.82) is 0 Å². The maximum atomic E-state index is 14.0. The molecule has 0 bridgehead atoms. The van der Waals surface area contributed by atoms with Gasteiger partial charge in [0.25, 0.3) is 5.91 Å². The molecular weight excluding hydrogens is 252 g/mol. The molecule has 2 N–H and O–H groups in total. The first-order chi connectivity index (χ1) is 8.88. The lowest BCUT2D eigenvalue weighted by Gasteiger charge is -2.22. The molecule has 1 aromatic carbocycles. The maximum Gasteiger partial charge on any atom is 0.256 e. The number of aliphatic imine (C=N–C) groups is 1. The first kappa shape index (κ1) is 13.5. The Morgan fingerprint density at radius 1 is 1.32 bits per heavy atom. The fourth-order valence-electron chi connectivity index (χ4n) is 2.01. The van der Waals surface area contributed by atoms with Gasteiger partial charge in [0, 0.05) is 12.1 Å². The Morgan fingerprint density at radius 2 is 2.00 bits per heavy atom. The first-order valence-corrected chi connectivity index (χ1v) is 5.98. The van der Waals surface area contributed by atoms with Crippen LogP contribution in [0.5, 0.6) is 0 Å². The monoisotopic (exact) mass is 267 g/mol. The van der Waals surface area contributed by atoms with Gasteiger partial charge >= 0.3 is 0 Å². The molecule has 4 nitrogen and oxygen atoms in total. The van der Waals surface area contributed by atoms with E-state index in [2.05, 4.69) is 15.6 Å². The van der Waals surface area contributed by atoms with Gasteiger partial charge in [-0.3, -0.25) is 15.1 Å². The SMILES string of the molecule is CCN=C1NC(=O)C(C)(c2cc(F)c(C)cc2F)N1. The summed E-state index contributed by atoms with van der Waals surface area (Å²) in [4.78, 5) is 16.0. The van der Waals surface area contributed by atoms with Crippen molar-refractivity contribution in [3.8, 4) is 0 Å². The predicted octanol–water partition coefficient (Wildman–Crippen LogP) is 1.58. The lowest BCUT2D eigenvalue weighted by Crippen LogP contribution is -2.41. The van der Waals surface area contributed by atoms with Crippen LogP contribution in [-0.4, -0.2) is 18.4 Å². The second kappa shape index (κ2) is 4.60. The number of amides is 1. The van der Waals surface area contributed by atoms with Crippen molar-refractivity contribution in [1.82, 2.24) is 10.6 Å². The molecule has 0 saturated carbocycles. The molecule has 6 heteroatoms. The number of hydrogen-bond acceptors (Lipinski definition) is 2. The van der Waals surface area contributed by atoms with E-state index in [4.69, 9.17) is 0 Å². The summed E-state index contributed by atoms with van der Waals surface area (Å²) < 4.78 is 27.6. The number of rotatable bonds is 2. The summed E-state index contributed by atoms with van der Waals surface area (Å²) >= 11 is 0. The van der Waals surface area contributed by atoms with E-state index in [1.807, 2.05) is 6.92 Å². The minimum Gasteiger partial charge on any atom is -0.338 e. The fourth-order valence-corrected chi connectivity index (χ4v) is 2.01. The normalized spacial score (nSPS) is 24.5. The molecule has 19 heavy (non-hydrogen) atoms. The molecule has 0 spiro atoms. The Morgan fingerprint density at radius 3 is 2.63 bits per heavy atom. The van der Waals surface area contributed by atoms with Gasteiger partial charge in [-0.05, 0) is 38.5 Å². The predicted molar refractivity (Wildman–Crippen MR) is 67.7 cm³/mol. The summed E-state index contributed by atoms with van der Waals surface area (Å²) in [6.07, 6.45) is 0. The average molecular weight is 267 g/mol. The summed E-state index contributed by atoms with van der Waals surface area (Å²) in [6, 6.07) is 2.13. The summed E-state index contributed by atoms with van der Waals surface area (Å²) in [6.45, 7) is 5.25. The Hall–Kier alpha value is -1.98. The fraction of sp³-hybridized carbons (Fsp3) is 0.385. The van der Waals surface area contributed by atoms with Crippen LogP contribution in [0.4, 0.5) is 8.78 Å². The van der Waals surface area contributed by atoms with E-state index in [1.165, 1.54) is 13.8 Å². The molecule has 1 aromatic rings. The molecule has 1 aliphatic heterocycles. The third kappa shape index (κ3) is 2.18. The highest BCUT2D eigenvalue weighted by atomic mass is 19.1. The van der Waals surface area contributed by atoms with Gasteiger partial charge in [-0.15, -0.1) is 0 Å². The third-order valence-corrected chi connectivity index (χ3v) is 3.16. The minimum absolute atomic E-state index is 0.0330. The van der Waals surface area contributed by atoms with Crippen molar-refractivity contribution in [2.24, 2.45) is 4.99 Å². The van der Waals surface area contributed by atoms with Gasteiger partial charge in [0.05, 0.1) is 0 Å². The van der Waals surface area contributed by atoms with Crippen molar-refractivity contribution < 1.29 is 13.6 Å². The second-order valence-corrected chi connectivity index (χ2v) is 4.61. The van der Waals surface area contributed by atoms with E-state index < -0.39 is 23.1 Å². The Bertz CT molecular complexity index is 571. The lowest BCUT2D eigenvalue weighted by atomic mass is 9.91. The van der Waals surface area contributed by atoms with Crippen LogP contribution in [-0.2, 0) is 10.3 Å². The number of carbonyl (C=O) groups is 1.